The molecule has 0 saturated heterocycles. The van der Waals surface area contributed by atoms with Gasteiger partial charge in [-0.2, -0.15) is 0 Å². The van der Waals surface area contributed by atoms with Gasteiger partial charge in [0.15, 0.2) is 5.82 Å². The highest BCUT2D eigenvalue weighted by atomic mass is 19.1. The average Bonchev–Trinajstić information content (AvgIpc) is 2.32. The van der Waals surface area contributed by atoms with Crippen LogP contribution in [0.4, 0.5) is 4.39 Å². The number of nitrogens with zero attached hydrogens (tertiary/aromatic N) is 2. The van der Waals surface area contributed by atoms with Gasteiger partial charge in [0, 0.05) is 12.4 Å². The highest BCUT2D eigenvalue weighted by molar-refractivity contribution is 5.28. The topological polar surface area (TPSA) is 35.0 Å². The van der Waals surface area contributed by atoms with Crippen molar-refractivity contribution in [2.75, 3.05) is 0 Å². The molecule has 0 amide bonds. The molecule has 4 heteroatoms. The Morgan fingerprint density at radius 2 is 2.00 bits per heavy atom. The fraction of sp³-hybridized carbons (Fsp3) is 0.167. The van der Waals surface area contributed by atoms with Gasteiger partial charge in [-0.05, 0) is 36.8 Å². The van der Waals surface area contributed by atoms with Gasteiger partial charge < -0.3 is 4.74 Å². The first-order valence-electron chi connectivity index (χ1n) is 4.90. The van der Waals surface area contributed by atoms with Crippen LogP contribution in [0.5, 0.6) is 5.75 Å². The van der Waals surface area contributed by atoms with Crippen molar-refractivity contribution in [1.29, 1.82) is 0 Å². The summed E-state index contributed by atoms with van der Waals surface area (Å²) in [6, 6.07) is 6.37. The van der Waals surface area contributed by atoms with E-state index in [2.05, 4.69) is 9.97 Å². The normalized spacial score (nSPS) is 10.1. The molecule has 1 aromatic heterocycles. The van der Waals surface area contributed by atoms with Crippen molar-refractivity contribution >= 4 is 0 Å². The van der Waals surface area contributed by atoms with Crippen molar-refractivity contribution in [3.05, 3.63) is 53.9 Å². The lowest BCUT2D eigenvalue weighted by atomic mass is 10.2. The summed E-state index contributed by atoms with van der Waals surface area (Å²) < 4.78 is 18.4. The molecule has 0 aliphatic carbocycles. The molecule has 0 aliphatic heterocycles. The predicted molar refractivity (Wildman–Crippen MR) is 57.5 cm³/mol. The summed E-state index contributed by atoms with van der Waals surface area (Å²) in [5, 5.41) is 0. The number of aromatic nitrogens is 2. The Morgan fingerprint density at radius 3 is 2.69 bits per heavy atom. The molecule has 0 bridgehead atoms. The van der Waals surface area contributed by atoms with Crippen molar-refractivity contribution in [1.82, 2.24) is 9.97 Å². The van der Waals surface area contributed by atoms with Gasteiger partial charge in [-0.3, -0.25) is 0 Å². The van der Waals surface area contributed by atoms with Gasteiger partial charge in [-0.25, -0.2) is 14.4 Å². The number of ether oxygens (including phenoxy) is 1. The zero-order chi connectivity index (χ0) is 11.4. The van der Waals surface area contributed by atoms with Crippen LogP contribution in [0, 0.1) is 12.7 Å². The van der Waals surface area contributed by atoms with E-state index in [-0.39, 0.29) is 12.4 Å². The fourth-order valence-corrected chi connectivity index (χ4v) is 1.26. The Bertz CT molecular complexity index is 474. The minimum Gasteiger partial charge on any atom is -0.486 e. The lowest BCUT2D eigenvalue weighted by Gasteiger charge is -2.05. The molecule has 0 saturated carbocycles. The van der Waals surface area contributed by atoms with Crippen LogP contribution < -0.4 is 4.74 Å². The van der Waals surface area contributed by atoms with Crippen LogP contribution in [0.1, 0.15) is 11.4 Å². The average molecular weight is 218 g/mol. The number of halogens is 1. The highest BCUT2D eigenvalue weighted by Crippen LogP contribution is 2.16. The van der Waals surface area contributed by atoms with E-state index in [1.807, 2.05) is 0 Å². The number of hydrogen-bond donors (Lipinski definition) is 0. The van der Waals surface area contributed by atoms with Crippen LogP contribution >= 0.6 is 0 Å². The molecule has 0 fully saturated rings. The minimum atomic E-state index is -0.233. The predicted octanol–water partition coefficient (Wildman–Crippen LogP) is 2.50. The summed E-state index contributed by atoms with van der Waals surface area (Å²) >= 11 is 0. The van der Waals surface area contributed by atoms with Crippen LogP contribution in [0.15, 0.2) is 36.7 Å². The summed E-state index contributed by atoms with van der Waals surface area (Å²) in [7, 11) is 0. The Balaban J connectivity index is 2.03. The van der Waals surface area contributed by atoms with Gasteiger partial charge >= 0.3 is 0 Å². The Kier molecular flexibility index (Phi) is 3.10. The molecule has 0 N–H and O–H groups in total. The zero-order valence-corrected chi connectivity index (χ0v) is 8.85. The molecule has 0 atom stereocenters. The van der Waals surface area contributed by atoms with E-state index < -0.39 is 0 Å². The quantitative estimate of drug-likeness (QED) is 0.793. The van der Waals surface area contributed by atoms with Crippen molar-refractivity contribution in [2.24, 2.45) is 0 Å². The van der Waals surface area contributed by atoms with E-state index >= 15 is 0 Å². The maximum absolute atomic E-state index is 13.0. The first-order chi connectivity index (χ1) is 7.75. The number of hydrogen-bond acceptors (Lipinski definition) is 3. The number of rotatable bonds is 3. The molecule has 2 aromatic rings. The van der Waals surface area contributed by atoms with E-state index in [1.165, 1.54) is 6.07 Å². The summed E-state index contributed by atoms with van der Waals surface area (Å²) in [4.78, 5) is 8.05. The van der Waals surface area contributed by atoms with Gasteiger partial charge in [-0.1, -0.05) is 0 Å². The molecule has 82 valence electrons. The van der Waals surface area contributed by atoms with Gasteiger partial charge in [0.25, 0.3) is 0 Å². The first-order valence-corrected chi connectivity index (χ1v) is 4.90. The van der Waals surface area contributed by atoms with Crippen LogP contribution in [0.2, 0.25) is 0 Å². The largest absolute Gasteiger partial charge is 0.486 e. The standard InChI is InChI=1S/C12H11FN2O/c1-9-7-10(3-4-11(9)13)16-8-12-14-5-2-6-15-12/h2-7H,8H2,1H3. The second-order valence-electron chi connectivity index (χ2n) is 3.36. The van der Waals surface area contributed by atoms with E-state index in [9.17, 15) is 4.39 Å². The highest BCUT2D eigenvalue weighted by Gasteiger charge is 2.01. The van der Waals surface area contributed by atoms with Crippen molar-refractivity contribution < 1.29 is 9.13 Å². The van der Waals surface area contributed by atoms with E-state index in [0.29, 0.717) is 17.1 Å². The third-order valence-corrected chi connectivity index (χ3v) is 2.12. The fourth-order valence-electron chi connectivity index (χ4n) is 1.26. The molecule has 0 unspecified atom stereocenters. The smallest absolute Gasteiger partial charge is 0.166 e. The van der Waals surface area contributed by atoms with Gasteiger partial charge in [0.2, 0.25) is 0 Å². The second kappa shape index (κ2) is 4.70. The molecular formula is C12H11FN2O. The second-order valence-corrected chi connectivity index (χ2v) is 3.36. The Morgan fingerprint density at radius 1 is 1.25 bits per heavy atom. The van der Waals surface area contributed by atoms with Crippen molar-refractivity contribution in [3.63, 3.8) is 0 Å². The number of aryl methyl sites for hydroxylation is 1. The molecule has 1 aromatic carbocycles. The summed E-state index contributed by atoms with van der Waals surface area (Å²) in [5.74, 6) is 0.985. The Labute approximate surface area is 92.9 Å². The number of benzene rings is 1. The molecule has 3 nitrogen and oxygen atoms in total. The van der Waals surface area contributed by atoms with Gasteiger partial charge in [-0.15, -0.1) is 0 Å². The lowest BCUT2D eigenvalue weighted by Crippen LogP contribution is -2.00. The molecule has 0 aliphatic rings. The first kappa shape index (κ1) is 10.5. The zero-order valence-electron chi connectivity index (χ0n) is 8.85. The molecule has 2 rings (SSSR count). The molecular weight excluding hydrogens is 207 g/mol. The third-order valence-electron chi connectivity index (χ3n) is 2.12. The third kappa shape index (κ3) is 2.53. The SMILES string of the molecule is Cc1cc(OCc2ncccn2)ccc1F. The minimum absolute atomic E-state index is 0.233. The molecule has 1 heterocycles. The van der Waals surface area contributed by atoms with E-state index in [1.54, 1.807) is 37.5 Å². The van der Waals surface area contributed by atoms with E-state index in [0.717, 1.165) is 0 Å². The molecule has 16 heavy (non-hydrogen) atoms. The van der Waals surface area contributed by atoms with Crippen molar-refractivity contribution in [2.45, 2.75) is 13.5 Å². The molecule has 0 spiro atoms. The monoisotopic (exact) mass is 218 g/mol. The van der Waals surface area contributed by atoms with Crippen LogP contribution in [0.3, 0.4) is 0 Å². The van der Waals surface area contributed by atoms with Gasteiger partial charge in [0.1, 0.15) is 18.2 Å². The summed E-state index contributed by atoms with van der Waals surface area (Å²) in [6.45, 7) is 1.98. The maximum Gasteiger partial charge on any atom is 0.166 e. The Hall–Kier alpha value is -1.97. The van der Waals surface area contributed by atoms with E-state index in [4.69, 9.17) is 4.74 Å². The molecule has 0 radical (unpaired) electrons. The van der Waals surface area contributed by atoms with Gasteiger partial charge in [0.05, 0.1) is 0 Å². The van der Waals surface area contributed by atoms with Crippen LogP contribution in [0.25, 0.3) is 0 Å². The van der Waals surface area contributed by atoms with Crippen LogP contribution in [-0.2, 0) is 6.61 Å². The lowest BCUT2D eigenvalue weighted by molar-refractivity contribution is 0.295. The summed E-state index contributed by atoms with van der Waals surface area (Å²) in [5.41, 5.74) is 0.562. The van der Waals surface area contributed by atoms with Crippen molar-refractivity contribution in [3.8, 4) is 5.75 Å². The maximum atomic E-state index is 13.0. The van der Waals surface area contributed by atoms with Crippen LogP contribution in [-0.4, -0.2) is 9.97 Å². The summed E-state index contributed by atoms with van der Waals surface area (Å²) in [6.07, 6.45) is 3.31.